The lowest BCUT2D eigenvalue weighted by Crippen LogP contribution is -1.49. The highest BCUT2D eigenvalue weighted by atomic mass is 16.3. The lowest BCUT2D eigenvalue weighted by molar-refractivity contribution is -0.122. The quantitative estimate of drug-likeness (QED) is 0.427. The molecule has 1 N–H and O–H groups in total. The van der Waals surface area contributed by atoms with Gasteiger partial charge in [0.05, 0.1) is 0 Å². The predicted molar refractivity (Wildman–Crippen MR) is 21.5 cm³/mol. The maximum absolute atomic E-state index is 8.81. The highest BCUT2D eigenvalue weighted by Crippen LogP contribution is 1.13. The summed E-state index contributed by atoms with van der Waals surface area (Å²) in [4.78, 5) is 17.2. The average Bonchev–Trinajstić information content (AvgIpc) is 1.39. The number of rotatable bonds is 0. The molecule has 0 saturated heterocycles. The first-order chi connectivity index (χ1) is 2.83. The first-order valence-electron chi connectivity index (χ1n) is 1.31. The molecule has 0 aromatic heterocycles. The largest absolute Gasteiger partial charge is 1.00 e. The second kappa shape index (κ2) is 31.4. The maximum atomic E-state index is 8.81. The van der Waals surface area contributed by atoms with Gasteiger partial charge in [-0.05, 0) is 6.92 Å². The van der Waals surface area contributed by atoms with E-state index in [4.69, 9.17) is 14.7 Å². The molecule has 0 aliphatic carbocycles. The molecule has 0 atom stereocenters. The van der Waals surface area contributed by atoms with E-state index < -0.39 is 0 Å². The minimum Gasteiger partial charge on any atom is -0.483 e. The van der Waals surface area contributed by atoms with Gasteiger partial charge >= 0.3 is 1.43 Å². The molecule has 0 rings (SSSR count). The van der Waals surface area contributed by atoms with Crippen LogP contribution in [0.2, 0.25) is 0 Å². The number of carboxylic acid groups (broad SMARTS) is 1. The van der Waals surface area contributed by atoms with Crippen molar-refractivity contribution in [2.75, 3.05) is 0 Å². The summed E-state index contributed by atoms with van der Waals surface area (Å²) in [6.45, 7) is 1.19. The third kappa shape index (κ3) is 19.4. The van der Waals surface area contributed by atoms with Gasteiger partial charge in [-0.3, -0.25) is 4.79 Å². The molecule has 3 heteroatoms. The van der Waals surface area contributed by atoms with Crippen LogP contribution in [0.4, 0.5) is 0 Å². The van der Waals surface area contributed by atoms with Crippen LogP contribution in [0, 0.1) is 0 Å². The van der Waals surface area contributed by atoms with Gasteiger partial charge in [0.25, 0.3) is 6.47 Å². The molecule has 0 fully saturated rings. The molecule has 0 amide bonds. The fraction of sp³-hybridized carbons (Fsp3) is 0.333. The molecule has 0 heterocycles. The summed E-state index contributed by atoms with van der Waals surface area (Å²) in [5.74, 6) is 0. The van der Waals surface area contributed by atoms with Crippen LogP contribution in [0.15, 0.2) is 0 Å². The van der Waals surface area contributed by atoms with Crippen LogP contribution in [-0.2, 0) is 9.59 Å². The number of carbonyl (C=O) groups excluding carboxylic acids is 1. The summed E-state index contributed by atoms with van der Waals surface area (Å²) in [5.41, 5.74) is 0. The number of carbonyl (C=O) groups is 2. The Morgan fingerprint density at radius 3 is 1.67 bits per heavy atom. The van der Waals surface area contributed by atoms with E-state index >= 15 is 0 Å². The zero-order valence-electron chi connectivity index (χ0n) is 4.42. The smallest absolute Gasteiger partial charge is 0.483 e. The molecule has 0 unspecified atom stereocenters. The Morgan fingerprint density at radius 2 is 1.67 bits per heavy atom. The second-order valence-electron chi connectivity index (χ2n) is 0.341. The van der Waals surface area contributed by atoms with Gasteiger partial charge in [-0.2, -0.15) is 0 Å². The minimum atomic E-state index is -0.250. The molecule has 0 radical (unpaired) electrons. The minimum absolute atomic E-state index is 0. The second-order valence-corrected chi connectivity index (χ2v) is 0.341. The van der Waals surface area contributed by atoms with Crippen molar-refractivity contribution in [3.05, 3.63) is 0 Å². The molecule has 0 aliphatic heterocycles. The summed E-state index contributed by atoms with van der Waals surface area (Å²) < 4.78 is 0. The van der Waals surface area contributed by atoms with Crippen LogP contribution in [0.25, 0.3) is 0 Å². The molecule has 6 heavy (non-hydrogen) atoms. The normalized spacial score (nSPS) is 4.17. The van der Waals surface area contributed by atoms with E-state index in [1.54, 1.807) is 0 Å². The van der Waals surface area contributed by atoms with Crippen molar-refractivity contribution < 1.29 is 16.1 Å². The van der Waals surface area contributed by atoms with Gasteiger partial charge in [0.1, 0.15) is 6.29 Å². The van der Waals surface area contributed by atoms with Crippen molar-refractivity contribution in [1.82, 2.24) is 0 Å². The van der Waals surface area contributed by atoms with Crippen LogP contribution in [0.3, 0.4) is 0 Å². The summed E-state index contributed by atoms with van der Waals surface area (Å²) in [6.07, 6.45) is 0.750. The Labute approximate surface area is 37.1 Å². The zero-order valence-corrected chi connectivity index (χ0v) is 3.42. The lowest BCUT2D eigenvalue weighted by Gasteiger charge is -1.34. The Morgan fingerprint density at radius 1 is 1.67 bits per heavy atom. The van der Waals surface area contributed by atoms with Gasteiger partial charge in [-0.15, -0.1) is 0 Å². The number of aldehydes is 1. The summed E-state index contributed by atoms with van der Waals surface area (Å²) in [6, 6.07) is 0. The van der Waals surface area contributed by atoms with Crippen LogP contribution in [0.5, 0.6) is 0 Å². The SMILES string of the molecule is CC=O.O=CO.[H+]. The Bertz CT molecular complexity index is 31.2. The molecule has 0 aromatic carbocycles. The Kier molecular flexibility index (Phi) is 46.8. The number of hydrogen-bond acceptors (Lipinski definition) is 2. The predicted octanol–water partition coefficient (Wildman–Crippen LogP) is 0.0185. The van der Waals surface area contributed by atoms with Gasteiger partial charge in [0, 0.05) is 0 Å². The third-order valence-electron chi connectivity index (χ3n) is 0. The maximum Gasteiger partial charge on any atom is 1.00 e. The van der Waals surface area contributed by atoms with Crippen LogP contribution in [-0.4, -0.2) is 17.9 Å². The van der Waals surface area contributed by atoms with Gasteiger partial charge < -0.3 is 9.90 Å². The molecule has 0 spiro atoms. The van der Waals surface area contributed by atoms with E-state index in [1.807, 2.05) is 0 Å². The van der Waals surface area contributed by atoms with Crippen molar-refractivity contribution in [2.24, 2.45) is 0 Å². The number of hydrogen-bond donors (Lipinski definition) is 1. The van der Waals surface area contributed by atoms with Gasteiger partial charge in [0.15, 0.2) is 0 Å². The molecule has 0 aliphatic rings. The van der Waals surface area contributed by atoms with Crippen molar-refractivity contribution in [3.8, 4) is 0 Å². The molecule has 3 nitrogen and oxygen atoms in total. The van der Waals surface area contributed by atoms with Gasteiger partial charge in [0.2, 0.25) is 0 Å². The standard InChI is InChI=1S/C2H4O.CH2O2/c1-2-3;2-1-3/h2H,1H3;1H,(H,2,3)/p+1. The molecule has 0 saturated carbocycles. The van der Waals surface area contributed by atoms with E-state index in [2.05, 4.69) is 0 Å². The first-order valence-corrected chi connectivity index (χ1v) is 1.31. The highest BCUT2D eigenvalue weighted by Gasteiger charge is 1.24. The van der Waals surface area contributed by atoms with Crippen molar-refractivity contribution in [1.29, 1.82) is 0 Å². The van der Waals surface area contributed by atoms with Crippen LogP contribution >= 0.6 is 0 Å². The fourth-order valence-electron chi connectivity index (χ4n) is 0. The highest BCUT2D eigenvalue weighted by molar-refractivity contribution is 5.44. The topological polar surface area (TPSA) is 54.4 Å². The van der Waals surface area contributed by atoms with Gasteiger partial charge in [-0.1, -0.05) is 0 Å². The molecule has 36 valence electrons. The van der Waals surface area contributed by atoms with E-state index in [9.17, 15) is 0 Å². The van der Waals surface area contributed by atoms with Crippen LogP contribution < -0.4 is 0 Å². The van der Waals surface area contributed by atoms with E-state index in [1.165, 1.54) is 6.92 Å². The van der Waals surface area contributed by atoms with Gasteiger partial charge in [-0.25, -0.2) is 0 Å². The molecular weight excluding hydrogens is 84.0 g/mol. The third-order valence-corrected chi connectivity index (χ3v) is 0. The fourth-order valence-corrected chi connectivity index (χ4v) is 0. The molecule has 0 aromatic rings. The lowest BCUT2D eigenvalue weighted by atomic mass is 11.0. The van der Waals surface area contributed by atoms with Crippen molar-refractivity contribution in [2.45, 2.75) is 6.92 Å². The molecule has 0 bridgehead atoms. The van der Waals surface area contributed by atoms with Crippen LogP contribution in [0.1, 0.15) is 8.35 Å². The van der Waals surface area contributed by atoms with Crippen molar-refractivity contribution in [3.63, 3.8) is 0 Å². The summed E-state index contributed by atoms with van der Waals surface area (Å²) >= 11 is 0. The Hall–Kier alpha value is -0.860. The molecular formula is C3H7O3+. The summed E-state index contributed by atoms with van der Waals surface area (Å²) in [5, 5.41) is 6.89. The van der Waals surface area contributed by atoms with E-state index in [0.717, 1.165) is 6.29 Å². The van der Waals surface area contributed by atoms with E-state index in [-0.39, 0.29) is 7.90 Å². The average molecular weight is 91.1 g/mol. The zero-order chi connectivity index (χ0) is 5.41. The summed E-state index contributed by atoms with van der Waals surface area (Å²) in [7, 11) is 0. The van der Waals surface area contributed by atoms with E-state index in [0.29, 0.717) is 0 Å². The monoisotopic (exact) mass is 91.0 g/mol. The first kappa shape index (κ1) is 8.94. The van der Waals surface area contributed by atoms with Crippen molar-refractivity contribution >= 4 is 12.8 Å². The Balaban J connectivity index is -0.0000000400.